The zero-order valence-electron chi connectivity index (χ0n) is 14.6. The second kappa shape index (κ2) is 6.37. The van der Waals surface area contributed by atoms with E-state index in [9.17, 15) is 9.59 Å². The van der Waals surface area contributed by atoms with Crippen LogP contribution in [0.3, 0.4) is 0 Å². The number of anilines is 1. The fraction of sp³-hybridized carbons (Fsp3) is 0.300. The van der Waals surface area contributed by atoms with Crippen molar-refractivity contribution >= 4 is 17.6 Å². The molecule has 1 amide bonds. The summed E-state index contributed by atoms with van der Waals surface area (Å²) in [6.07, 6.45) is -0.0911. The van der Waals surface area contributed by atoms with Crippen LogP contribution in [0.25, 0.3) is 0 Å². The summed E-state index contributed by atoms with van der Waals surface area (Å²) >= 11 is 0. The molecule has 6 nitrogen and oxygen atoms in total. The largest absolute Gasteiger partial charge is 0.454 e. The molecule has 0 unspecified atom stereocenters. The normalized spacial score (nSPS) is 18.4. The molecule has 2 aromatic carbocycles. The maximum Gasteiger partial charge on any atom is 0.339 e. The lowest BCUT2D eigenvalue weighted by molar-refractivity contribution is -0.126. The number of hydrogen-bond acceptors (Lipinski definition) is 5. The fourth-order valence-corrected chi connectivity index (χ4v) is 3.40. The lowest BCUT2D eigenvalue weighted by Gasteiger charge is -2.25. The van der Waals surface area contributed by atoms with Crippen molar-refractivity contribution in [3.63, 3.8) is 0 Å². The molecule has 6 heteroatoms. The highest BCUT2D eigenvalue weighted by atomic mass is 16.7. The van der Waals surface area contributed by atoms with Crippen LogP contribution < -0.4 is 14.4 Å². The van der Waals surface area contributed by atoms with Crippen molar-refractivity contribution in [1.82, 2.24) is 0 Å². The molecule has 0 spiro atoms. The molecular weight excluding hydrogens is 334 g/mol. The number of nitrogens with zero attached hydrogens (tertiary/aromatic N) is 1. The first-order valence-electron chi connectivity index (χ1n) is 8.56. The van der Waals surface area contributed by atoms with Crippen LogP contribution in [0, 0.1) is 0 Å². The second-order valence-corrected chi connectivity index (χ2v) is 6.51. The molecule has 2 aliphatic heterocycles. The second-order valence-electron chi connectivity index (χ2n) is 6.51. The van der Waals surface area contributed by atoms with Crippen molar-refractivity contribution in [2.75, 3.05) is 11.7 Å². The Morgan fingerprint density at radius 1 is 1.15 bits per heavy atom. The summed E-state index contributed by atoms with van der Waals surface area (Å²) in [4.78, 5) is 27.0. The van der Waals surface area contributed by atoms with Crippen LogP contribution in [0.5, 0.6) is 11.5 Å². The monoisotopic (exact) mass is 353 g/mol. The number of carbonyl (C=O) groups is 2. The molecule has 0 aliphatic carbocycles. The van der Waals surface area contributed by atoms with Gasteiger partial charge in [-0.05, 0) is 50.1 Å². The molecule has 2 atom stereocenters. The molecule has 0 saturated heterocycles. The van der Waals surface area contributed by atoms with Gasteiger partial charge in [-0.3, -0.25) is 4.79 Å². The Bertz CT molecular complexity index is 878. The van der Waals surface area contributed by atoms with Gasteiger partial charge in [0, 0.05) is 11.7 Å². The van der Waals surface area contributed by atoms with Crippen LogP contribution in [-0.2, 0) is 16.0 Å². The molecule has 0 aromatic heterocycles. The number of hydrogen-bond donors (Lipinski definition) is 0. The van der Waals surface area contributed by atoms with Gasteiger partial charge < -0.3 is 19.1 Å². The lowest BCUT2D eigenvalue weighted by atomic mass is 10.1. The SMILES string of the molecule is C[C@H](OC(=O)c1ccc2c(c1)OCO2)C(=O)N1c2ccccc2C[C@@H]1C. The molecule has 4 rings (SSSR count). The summed E-state index contributed by atoms with van der Waals surface area (Å²) < 4.78 is 15.9. The average molecular weight is 353 g/mol. The Labute approximate surface area is 151 Å². The topological polar surface area (TPSA) is 65.1 Å². The zero-order chi connectivity index (χ0) is 18.3. The summed E-state index contributed by atoms with van der Waals surface area (Å²) in [7, 11) is 0. The van der Waals surface area contributed by atoms with E-state index in [0.29, 0.717) is 17.1 Å². The summed E-state index contributed by atoms with van der Waals surface area (Å²) in [5.74, 6) is 0.300. The van der Waals surface area contributed by atoms with Crippen LogP contribution in [0.2, 0.25) is 0 Å². The van der Waals surface area contributed by atoms with E-state index in [1.54, 1.807) is 30.0 Å². The molecule has 0 saturated carbocycles. The van der Waals surface area contributed by atoms with Crippen LogP contribution in [0.4, 0.5) is 5.69 Å². The van der Waals surface area contributed by atoms with Gasteiger partial charge in [0.1, 0.15) is 0 Å². The molecular formula is C20H19NO5. The van der Waals surface area contributed by atoms with Crippen molar-refractivity contribution < 1.29 is 23.8 Å². The number of fused-ring (bicyclic) bond motifs is 2. The number of carbonyl (C=O) groups excluding carboxylic acids is 2. The maximum absolute atomic E-state index is 12.9. The zero-order valence-corrected chi connectivity index (χ0v) is 14.6. The molecule has 0 N–H and O–H groups in total. The van der Waals surface area contributed by atoms with Crippen molar-refractivity contribution in [2.24, 2.45) is 0 Å². The van der Waals surface area contributed by atoms with Crippen molar-refractivity contribution in [2.45, 2.75) is 32.4 Å². The Kier molecular flexibility index (Phi) is 4.03. The first-order chi connectivity index (χ1) is 12.5. The van der Waals surface area contributed by atoms with E-state index in [2.05, 4.69) is 0 Å². The molecule has 0 radical (unpaired) electrons. The Morgan fingerprint density at radius 2 is 1.92 bits per heavy atom. The van der Waals surface area contributed by atoms with Crippen molar-refractivity contribution in [3.8, 4) is 11.5 Å². The van der Waals surface area contributed by atoms with Gasteiger partial charge in [0.05, 0.1) is 5.56 Å². The minimum absolute atomic E-state index is 0.0339. The van der Waals surface area contributed by atoms with E-state index in [1.807, 2.05) is 31.2 Å². The number of esters is 1. The van der Waals surface area contributed by atoms with Gasteiger partial charge in [-0.15, -0.1) is 0 Å². The summed E-state index contributed by atoms with van der Waals surface area (Å²) in [6, 6.07) is 12.7. The highest BCUT2D eigenvalue weighted by Gasteiger charge is 2.34. The van der Waals surface area contributed by atoms with Gasteiger partial charge in [-0.2, -0.15) is 0 Å². The number of amides is 1. The first-order valence-corrected chi connectivity index (χ1v) is 8.56. The minimum Gasteiger partial charge on any atom is -0.454 e. The van der Waals surface area contributed by atoms with Crippen LogP contribution in [-0.4, -0.2) is 30.8 Å². The summed E-state index contributed by atoms with van der Waals surface area (Å²) in [5, 5.41) is 0. The van der Waals surface area contributed by atoms with Gasteiger partial charge in [0.25, 0.3) is 5.91 Å². The van der Waals surface area contributed by atoms with E-state index in [0.717, 1.165) is 17.7 Å². The fourth-order valence-electron chi connectivity index (χ4n) is 3.40. The third kappa shape index (κ3) is 2.77. The van der Waals surface area contributed by atoms with E-state index in [1.165, 1.54) is 0 Å². The minimum atomic E-state index is -0.887. The molecule has 134 valence electrons. The average Bonchev–Trinajstić information content (AvgIpc) is 3.23. The van der Waals surface area contributed by atoms with E-state index in [-0.39, 0.29) is 18.7 Å². The van der Waals surface area contributed by atoms with Crippen molar-refractivity contribution in [1.29, 1.82) is 0 Å². The smallest absolute Gasteiger partial charge is 0.339 e. The molecule has 0 fully saturated rings. The van der Waals surface area contributed by atoms with Gasteiger partial charge >= 0.3 is 5.97 Å². The molecule has 26 heavy (non-hydrogen) atoms. The number of para-hydroxylation sites is 1. The molecule has 2 heterocycles. The van der Waals surface area contributed by atoms with Crippen LogP contribution >= 0.6 is 0 Å². The van der Waals surface area contributed by atoms with Crippen molar-refractivity contribution in [3.05, 3.63) is 53.6 Å². The molecule has 2 aromatic rings. The van der Waals surface area contributed by atoms with E-state index in [4.69, 9.17) is 14.2 Å². The third-order valence-electron chi connectivity index (χ3n) is 4.68. The van der Waals surface area contributed by atoms with Gasteiger partial charge in [-0.1, -0.05) is 18.2 Å². The summed E-state index contributed by atoms with van der Waals surface area (Å²) in [6.45, 7) is 3.72. The first kappa shape index (κ1) is 16.4. The maximum atomic E-state index is 12.9. The van der Waals surface area contributed by atoms with Crippen LogP contribution in [0.1, 0.15) is 29.8 Å². The number of rotatable bonds is 3. The van der Waals surface area contributed by atoms with Gasteiger partial charge in [0.2, 0.25) is 6.79 Å². The predicted molar refractivity (Wildman–Crippen MR) is 94.5 cm³/mol. The predicted octanol–water partition coefficient (Wildman–Crippen LogP) is 2.94. The lowest BCUT2D eigenvalue weighted by Crippen LogP contribution is -2.43. The standard InChI is InChI=1S/C20H19NO5/c1-12-9-14-5-3-4-6-16(14)21(12)19(22)13(2)26-20(23)15-7-8-17-18(10-15)25-11-24-17/h3-8,10,12-13H,9,11H2,1-2H3/t12-,13-/m0/s1. The van der Waals surface area contributed by atoms with Crippen LogP contribution in [0.15, 0.2) is 42.5 Å². The highest BCUT2D eigenvalue weighted by molar-refractivity contribution is 6.01. The highest BCUT2D eigenvalue weighted by Crippen LogP contribution is 2.34. The Hall–Kier alpha value is -3.02. The van der Waals surface area contributed by atoms with Gasteiger partial charge in [-0.25, -0.2) is 4.79 Å². The number of ether oxygens (including phenoxy) is 3. The summed E-state index contributed by atoms with van der Waals surface area (Å²) in [5.41, 5.74) is 2.34. The Morgan fingerprint density at radius 3 is 2.77 bits per heavy atom. The third-order valence-corrected chi connectivity index (χ3v) is 4.68. The molecule has 0 bridgehead atoms. The van der Waals surface area contributed by atoms with E-state index >= 15 is 0 Å². The molecule has 2 aliphatic rings. The van der Waals surface area contributed by atoms with E-state index < -0.39 is 12.1 Å². The Balaban J connectivity index is 1.48. The quantitative estimate of drug-likeness (QED) is 0.794. The number of benzene rings is 2. The van der Waals surface area contributed by atoms with Gasteiger partial charge in [0.15, 0.2) is 17.6 Å².